The van der Waals surface area contributed by atoms with Crippen molar-refractivity contribution in [2.24, 2.45) is 0 Å². The highest BCUT2D eigenvalue weighted by Gasteiger charge is 2.06. The number of nitriles is 1. The predicted molar refractivity (Wildman–Crippen MR) is 76.1 cm³/mol. The monoisotopic (exact) mass is 285 g/mol. The number of alkyl halides is 1. The second-order valence-electron chi connectivity index (χ2n) is 4.18. The molecule has 0 spiro atoms. The molecule has 1 amide bonds. The second-order valence-corrected chi connectivity index (χ2v) is 4.45. The maximum absolute atomic E-state index is 11.9. The van der Waals surface area contributed by atoms with Gasteiger partial charge in [0.15, 0.2) is 0 Å². The Balaban J connectivity index is 1.99. The third-order valence-electron chi connectivity index (χ3n) is 2.72. The highest BCUT2D eigenvalue weighted by Crippen LogP contribution is 2.08. The van der Waals surface area contributed by atoms with E-state index in [9.17, 15) is 4.79 Å². The number of carbonyl (C=O) groups excluding carboxylic acids is 1. The summed E-state index contributed by atoms with van der Waals surface area (Å²) >= 11 is 5.76. The number of halogens is 1. The van der Waals surface area contributed by atoms with E-state index in [1.54, 1.807) is 6.07 Å². The van der Waals surface area contributed by atoms with Crippen LogP contribution in [-0.4, -0.2) is 10.9 Å². The standard InChI is InChI=1S/C15H12ClN3O/c16-7-11-2-1-3-12(6-11)9-19-15(20)14-5-4-13(8-17)10-18-14/h1-6,10H,7,9H2,(H,19,20). The van der Waals surface area contributed by atoms with Gasteiger partial charge in [-0.25, -0.2) is 4.98 Å². The Morgan fingerprint density at radius 2 is 2.10 bits per heavy atom. The van der Waals surface area contributed by atoms with Crippen LogP contribution in [0.3, 0.4) is 0 Å². The van der Waals surface area contributed by atoms with Crippen LogP contribution in [0.2, 0.25) is 0 Å². The fourth-order valence-electron chi connectivity index (χ4n) is 1.69. The zero-order valence-corrected chi connectivity index (χ0v) is 11.4. The summed E-state index contributed by atoms with van der Waals surface area (Å²) in [5, 5.41) is 11.4. The molecular weight excluding hydrogens is 274 g/mol. The van der Waals surface area contributed by atoms with Crippen molar-refractivity contribution in [3.63, 3.8) is 0 Å². The van der Waals surface area contributed by atoms with Gasteiger partial charge in [0.1, 0.15) is 11.8 Å². The van der Waals surface area contributed by atoms with Crippen molar-refractivity contribution in [2.75, 3.05) is 0 Å². The van der Waals surface area contributed by atoms with Crippen LogP contribution in [0, 0.1) is 11.3 Å². The van der Waals surface area contributed by atoms with Crippen LogP contribution in [0.4, 0.5) is 0 Å². The Morgan fingerprint density at radius 3 is 2.75 bits per heavy atom. The summed E-state index contributed by atoms with van der Waals surface area (Å²) in [7, 11) is 0. The van der Waals surface area contributed by atoms with E-state index < -0.39 is 0 Å². The van der Waals surface area contributed by atoms with Crippen molar-refractivity contribution in [3.8, 4) is 6.07 Å². The first-order valence-corrected chi connectivity index (χ1v) is 6.54. The maximum atomic E-state index is 11.9. The SMILES string of the molecule is N#Cc1ccc(C(=O)NCc2cccc(CCl)c2)nc1. The van der Waals surface area contributed by atoms with Gasteiger partial charge in [0, 0.05) is 18.6 Å². The van der Waals surface area contributed by atoms with E-state index in [0.717, 1.165) is 11.1 Å². The van der Waals surface area contributed by atoms with Gasteiger partial charge in [-0.2, -0.15) is 5.26 Å². The zero-order valence-electron chi connectivity index (χ0n) is 10.6. The summed E-state index contributed by atoms with van der Waals surface area (Å²) in [6.45, 7) is 0.408. The summed E-state index contributed by atoms with van der Waals surface area (Å²) in [5.41, 5.74) is 2.70. The van der Waals surface area contributed by atoms with E-state index >= 15 is 0 Å². The Bertz CT molecular complexity index is 647. The van der Waals surface area contributed by atoms with Gasteiger partial charge in [-0.15, -0.1) is 11.6 Å². The molecule has 0 aliphatic heterocycles. The molecule has 1 N–H and O–H groups in total. The molecule has 0 aliphatic carbocycles. The first kappa shape index (κ1) is 14.0. The van der Waals surface area contributed by atoms with E-state index in [-0.39, 0.29) is 11.6 Å². The molecular formula is C15H12ClN3O. The second kappa shape index (κ2) is 6.69. The molecule has 0 bridgehead atoms. The lowest BCUT2D eigenvalue weighted by molar-refractivity contribution is 0.0946. The maximum Gasteiger partial charge on any atom is 0.270 e. The fraction of sp³-hybridized carbons (Fsp3) is 0.133. The van der Waals surface area contributed by atoms with Crippen LogP contribution < -0.4 is 5.32 Å². The Hall–Kier alpha value is -2.38. The Kier molecular flexibility index (Phi) is 4.70. The van der Waals surface area contributed by atoms with Crippen LogP contribution in [0.1, 0.15) is 27.2 Å². The van der Waals surface area contributed by atoms with E-state index in [2.05, 4.69) is 10.3 Å². The lowest BCUT2D eigenvalue weighted by Gasteiger charge is -2.06. The minimum atomic E-state index is -0.272. The smallest absolute Gasteiger partial charge is 0.270 e. The number of nitrogens with zero attached hydrogens (tertiary/aromatic N) is 2. The van der Waals surface area contributed by atoms with Crippen LogP contribution in [0.15, 0.2) is 42.6 Å². The quantitative estimate of drug-likeness (QED) is 0.878. The van der Waals surface area contributed by atoms with Gasteiger partial charge in [-0.3, -0.25) is 4.79 Å². The minimum Gasteiger partial charge on any atom is -0.347 e. The molecule has 0 aliphatic rings. The molecule has 0 radical (unpaired) electrons. The minimum absolute atomic E-state index is 0.272. The number of hydrogen-bond acceptors (Lipinski definition) is 3. The lowest BCUT2D eigenvalue weighted by atomic mass is 10.1. The number of aromatic nitrogens is 1. The van der Waals surface area contributed by atoms with E-state index in [1.165, 1.54) is 12.3 Å². The number of rotatable bonds is 4. The third-order valence-corrected chi connectivity index (χ3v) is 3.03. The number of benzene rings is 1. The number of nitrogens with one attached hydrogen (secondary N) is 1. The molecule has 0 fully saturated rings. The molecule has 100 valence electrons. The molecule has 5 heteroatoms. The average Bonchev–Trinajstić information content (AvgIpc) is 2.53. The molecule has 0 atom stereocenters. The summed E-state index contributed by atoms with van der Waals surface area (Å²) in [6.07, 6.45) is 1.38. The number of carbonyl (C=O) groups is 1. The summed E-state index contributed by atoms with van der Waals surface area (Å²) in [6, 6.07) is 12.7. The third kappa shape index (κ3) is 3.56. The van der Waals surface area contributed by atoms with Crippen molar-refractivity contribution >= 4 is 17.5 Å². The molecule has 0 saturated heterocycles. The van der Waals surface area contributed by atoms with Gasteiger partial charge >= 0.3 is 0 Å². The number of amides is 1. The predicted octanol–water partition coefficient (Wildman–Crippen LogP) is 2.62. The molecule has 2 aromatic rings. The first-order chi connectivity index (χ1) is 9.72. The van der Waals surface area contributed by atoms with E-state index in [4.69, 9.17) is 16.9 Å². The lowest BCUT2D eigenvalue weighted by Crippen LogP contribution is -2.23. The Morgan fingerprint density at radius 1 is 1.30 bits per heavy atom. The van der Waals surface area contributed by atoms with Gasteiger partial charge in [-0.1, -0.05) is 24.3 Å². The van der Waals surface area contributed by atoms with Crippen molar-refractivity contribution < 1.29 is 4.79 Å². The Labute approximate surface area is 122 Å². The van der Waals surface area contributed by atoms with E-state index in [1.807, 2.05) is 30.3 Å². The van der Waals surface area contributed by atoms with Crippen LogP contribution in [0.25, 0.3) is 0 Å². The molecule has 2 rings (SSSR count). The van der Waals surface area contributed by atoms with Crippen molar-refractivity contribution in [2.45, 2.75) is 12.4 Å². The topological polar surface area (TPSA) is 65.8 Å². The van der Waals surface area contributed by atoms with Crippen LogP contribution in [0.5, 0.6) is 0 Å². The van der Waals surface area contributed by atoms with Gasteiger partial charge in [0.2, 0.25) is 0 Å². The van der Waals surface area contributed by atoms with Crippen molar-refractivity contribution in [3.05, 3.63) is 65.0 Å². The molecule has 4 nitrogen and oxygen atoms in total. The number of pyridine rings is 1. The molecule has 20 heavy (non-hydrogen) atoms. The molecule has 0 saturated carbocycles. The molecule has 1 aromatic heterocycles. The first-order valence-electron chi connectivity index (χ1n) is 6.01. The van der Waals surface area contributed by atoms with Crippen molar-refractivity contribution in [1.82, 2.24) is 10.3 Å². The van der Waals surface area contributed by atoms with Crippen LogP contribution in [-0.2, 0) is 12.4 Å². The summed E-state index contributed by atoms with van der Waals surface area (Å²) in [5.74, 6) is 0.171. The average molecular weight is 286 g/mol. The van der Waals surface area contributed by atoms with Gasteiger partial charge < -0.3 is 5.32 Å². The zero-order chi connectivity index (χ0) is 14.4. The molecule has 1 heterocycles. The van der Waals surface area contributed by atoms with Gasteiger partial charge in [0.25, 0.3) is 5.91 Å². The van der Waals surface area contributed by atoms with Gasteiger partial charge in [0.05, 0.1) is 5.56 Å². The fourth-order valence-corrected chi connectivity index (χ4v) is 1.86. The van der Waals surface area contributed by atoms with Crippen molar-refractivity contribution in [1.29, 1.82) is 5.26 Å². The van der Waals surface area contributed by atoms with Gasteiger partial charge in [-0.05, 0) is 23.3 Å². The number of hydrogen-bond donors (Lipinski definition) is 1. The summed E-state index contributed by atoms with van der Waals surface area (Å²) < 4.78 is 0. The highest BCUT2D eigenvalue weighted by atomic mass is 35.5. The van der Waals surface area contributed by atoms with E-state index in [0.29, 0.717) is 18.0 Å². The summed E-state index contributed by atoms with van der Waals surface area (Å²) in [4.78, 5) is 15.8. The molecule has 1 aromatic carbocycles. The molecule has 0 unspecified atom stereocenters. The highest BCUT2D eigenvalue weighted by molar-refractivity contribution is 6.17. The van der Waals surface area contributed by atoms with Crippen LogP contribution >= 0.6 is 11.6 Å². The normalized spacial score (nSPS) is 9.80. The largest absolute Gasteiger partial charge is 0.347 e.